The Morgan fingerprint density at radius 1 is 1.38 bits per heavy atom. The number of carbonyl (C=O) groups is 2. The Labute approximate surface area is 147 Å². The summed E-state index contributed by atoms with van der Waals surface area (Å²) in [4.78, 5) is 26.9. The second-order valence-electron chi connectivity index (χ2n) is 5.55. The lowest BCUT2D eigenvalue weighted by Gasteiger charge is -2.30. The molecule has 6 heteroatoms. The van der Waals surface area contributed by atoms with Crippen molar-refractivity contribution in [1.82, 2.24) is 4.90 Å². The predicted octanol–water partition coefficient (Wildman–Crippen LogP) is 3.77. The van der Waals surface area contributed by atoms with Crippen molar-refractivity contribution >= 4 is 29.4 Å². The standard InChI is InChI=1S/C18H24N2O3S/c1-3-13-24-16-8-6-5-7-15(16)19-17(21)14-9-11-20(12-10-14)18(22)23-4-2/h3,5-8,14H,1,4,9-13H2,2H3,(H,19,21). The molecule has 1 aromatic carbocycles. The molecule has 2 rings (SSSR count). The number of amides is 2. The van der Waals surface area contributed by atoms with Gasteiger partial charge in [0.25, 0.3) is 0 Å². The summed E-state index contributed by atoms with van der Waals surface area (Å²) >= 11 is 1.64. The molecule has 0 bridgehead atoms. The fourth-order valence-corrected chi connectivity index (χ4v) is 3.37. The van der Waals surface area contributed by atoms with Crippen molar-refractivity contribution in [3.05, 3.63) is 36.9 Å². The normalized spacial score (nSPS) is 15.0. The maximum atomic E-state index is 12.5. The molecule has 0 unspecified atom stereocenters. The number of para-hydroxylation sites is 1. The molecule has 1 aliphatic heterocycles. The average molecular weight is 348 g/mol. The number of ether oxygens (including phenoxy) is 1. The van der Waals surface area contributed by atoms with Gasteiger partial charge >= 0.3 is 6.09 Å². The van der Waals surface area contributed by atoms with Crippen LogP contribution in [0.3, 0.4) is 0 Å². The number of nitrogens with one attached hydrogen (secondary N) is 1. The first-order valence-electron chi connectivity index (χ1n) is 8.21. The first kappa shape index (κ1) is 18.4. The number of carbonyl (C=O) groups excluding carboxylic acids is 2. The molecule has 1 aliphatic rings. The van der Waals surface area contributed by atoms with Gasteiger partial charge in [-0.3, -0.25) is 4.79 Å². The molecule has 1 saturated heterocycles. The number of hydrogen-bond donors (Lipinski definition) is 1. The van der Waals surface area contributed by atoms with E-state index in [0.29, 0.717) is 32.5 Å². The van der Waals surface area contributed by atoms with Gasteiger partial charge in [-0.15, -0.1) is 18.3 Å². The summed E-state index contributed by atoms with van der Waals surface area (Å²) in [6.07, 6.45) is 2.87. The average Bonchev–Trinajstić information content (AvgIpc) is 2.61. The van der Waals surface area contributed by atoms with Crippen LogP contribution in [-0.4, -0.2) is 42.3 Å². The van der Waals surface area contributed by atoms with Gasteiger partial charge < -0.3 is 15.0 Å². The highest BCUT2D eigenvalue weighted by Gasteiger charge is 2.28. The molecule has 0 saturated carbocycles. The van der Waals surface area contributed by atoms with E-state index < -0.39 is 0 Å². The zero-order valence-corrected chi connectivity index (χ0v) is 14.8. The van der Waals surface area contributed by atoms with Crippen molar-refractivity contribution in [2.45, 2.75) is 24.7 Å². The summed E-state index contributed by atoms with van der Waals surface area (Å²) in [5.41, 5.74) is 0.835. The maximum Gasteiger partial charge on any atom is 0.409 e. The molecule has 0 atom stereocenters. The smallest absolute Gasteiger partial charge is 0.409 e. The van der Waals surface area contributed by atoms with Crippen LogP contribution in [0.1, 0.15) is 19.8 Å². The minimum absolute atomic E-state index is 0.0187. The Bertz CT molecular complexity index is 583. The third kappa shape index (κ3) is 5.03. The molecule has 0 radical (unpaired) electrons. The molecule has 0 aliphatic carbocycles. The van der Waals surface area contributed by atoms with Crippen LogP contribution >= 0.6 is 11.8 Å². The number of rotatable bonds is 6. The molecule has 0 spiro atoms. The van der Waals surface area contributed by atoms with Gasteiger partial charge in [0.1, 0.15) is 0 Å². The molecule has 24 heavy (non-hydrogen) atoms. The van der Waals surface area contributed by atoms with E-state index in [1.807, 2.05) is 30.3 Å². The largest absolute Gasteiger partial charge is 0.450 e. The summed E-state index contributed by atoms with van der Waals surface area (Å²) in [5.74, 6) is 0.739. The zero-order valence-electron chi connectivity index (χ0n) is 14.0. The monoisotopic (exact) mass is 348 g/mol. The third-order valence-corrected chi connectivity index (χ3v) is 4.96. The summed E-state index contributed by atoms with van der Waals surface area (Å²) in [6.45, 7) is 7.01. The number of piperidine rings is 1. The van der Waals surface area contributed by atoms with Gasteiger partial charge in [-0.25, -0.2) is 4.79 Å². The molecular weight excluding hydrogens is 324 g/mol. The van der Waals surface area contributed by atoms with Crippen molar-refractivity contribution < 1.29 is 14.3 Å². The molecule has 2 amide bonds. The number of anilines is 1. The van der Waals surface area contributed by atoms with Crippen molar-refractivity contribution in [2.24, 2.45) is 5.92 Å². The first-order valence-corrected chi connectivity index (χ1v) is 9.19. The Kier molecular flexibility index (Phi) is 7.18. The van der Waals surface area contributed by atoms with Crippen LogP contribution in [0.25, 0.3) is 0 Å². The highest BCUT2D eigenvalue weighted by molar-refractivity contribution is 7.99. The molecule has 5 nitrogen and oxygen atoms in total. The van der Waals surface area contributed by atoms with E-state index in [0.717, 1.165) is 16.3 Å². The van der Waals surface area contributed by atoms with E-state index in [2.05, 4.69) is 11.9 Å². The van der Waals surface area contributed by atoms with Crippen LogP contribution in [-0.2, 0) is 9.53 Å². The van der Waals surface area contributed by atoms with Crippen molar-refractivity contribution in [3.8, 4) is 0 Å². The number of nitrogens with zero attached hydrogens (tertiary/aromatic N) is 1. The van der Waals surface area contributed by atoms with E-state index in [1.165, 1.54) is 0 Å². The summed E-state index contributed by atoms with van der Waals surface area (Å²) < 4.78 is 5.00. The highest BCUT2D eigenvalue weighted by Crippen LogP contribution is 2.28. The number of benzene rings is 1. The van der Waals surface area contributed by atoms with E-state index in [1.54, 1.807) is 23.6 Å². The Balaban J connectivity index is 1.90. The predicted molar refractivity (Wildman–Crippen MR) is 97.3 cm³/mol. The van der Waals surface area contributed by atoms with E-state index in [9.17, 15) is 9.59 Å². The van der Waals surface area contributed by atoms with E-state index in [-0.39, 0.29) is 17.9 Å². The SMILES string of the molecule is C=CCSc1ccccc1NC(=O)C1CCN(C(=O)OCC)CC1. The van der Waals surface area contributed by atoms with Crippen LogP contribution in [0, 0.1) is 5.92 Å². The fraction of sp³-hybridized carbons (Fsp3) is 0.444. The van der Waals surface area contributed by atoms with Gasteiger partial charge in [-0.05, 0) is 31.9 Å². The van der Waals surface area contributed by atoms with Gasteiger partial charge in [0.2, 0.25) is 5.91 Å². The number of likely N-dealkylation sites (tertiary alicyclic amines) is 1. The zero-order chi connectivity index (χ0) is 17.4. The van der Waals surface area contributed by atoms with Crippen LogP contribution in [0.2, 0.25) is 0 Å². The second kappa shape index (κ2) is 9.37. The Morgan fingerprint density at radius 3 is 2.75 bits per heavy atom. The van der Waals surface area contributed by atoms with E-state index in [4.69, 9.17) is 4.74 Å². The summed E-state index contributed by atoms with van der Waals surface area (Å²) in [7, 11) is 0. The van der Waals surface area contributed by atoms with Gasteiger partial charge in [0.15, 0.2) is 0 Å². The molecule has 1 N–H and O–H groups in total. The molecule has 0 aromatic heterocycles. The maximum absolute atomic E-state index is 12.5. The van der Waals surface area contributed by atoms with Crippen molar-refractivity contribution in [2.75, 3.05) is 30.8 Å². The summed E-state index contributed by atoms with van der Waals surface area (Å²) in [5, 5.41) is 3.03. The van der Waals surface area contributed by atoms with Gasteiger partial charge in [0.05, 0.1) is 12.3 Å². The van der Waals surface area contributed by atoms with Gasteiger partial charge in [-0.1, -0.05) is 18.2 Å². The topological polar surface area (TPSA) is 58.6 Å². The number of thioether (sulfide) groups is 1. The Morgan fingerprint density at radius 2 is 2.08 bits per heavy atom. The number of hydrogen-bond acceptors (Lipinski definition) is 4. The lowest BCUT2D eigenvalue weighted by Crippen LogP contribution is -2.41. The van der Waals surface area contributed by atoms with Gasteiger partial charge in [-0.2, -0.15) is 0 Å². The van der Waals surface area contributed by atoms with Gasteiger partial charge in [0, 0.05) is 29.7 Å². The van der Waals surface area contributed by atoms with Crippen LogP contribution in [0.5, 0.6) is 0 Å². The van der Waals surface area contributed by atoms with Crippen molar-refractivity contribution in [3.63, 3.8) is 0 Å². The first-order chi connectivity index (χ1) is 11.7. The van der Waals surface area contributed by atoms with Crippen LogP contribution in [0.4, 0.5) is 10.5 Å². The van der Waals surface area contributed by atoms with Crippen LogP contribution in [0.15, 0.2) is 41.8 Å². The molecule has 130 valence electrons. The summed E-state index contributed by atoms with van der Waals surface area (Å²) in [6, 6.07) is 7.78. The molecular formula is C18H24N2O3S. The second-order valence-corrected chi connectivity index (χ2v) is 6.61. The molecule has 1 fully saturated rings. The lowest BCUT2D eigenvalue weighted by atomic mass is 9.96. The fourth-order valence-electron chi connectivity index (χ4n) is 2.62. The third-order valence-electron chi connectivity index (χ3n) is 3.89. The van der Waals surface area contributed by atoms with Crippen LogP contribution < -0.4 is 5.32 Å². The Hall–Kier alpha value is -1.95. The molecule has 1 heterocycles. The van der Waals surface area contributed by atoms with Crippen molar-refractivity contribution in [1.29, 1.82) is 0 Å². The lowest BCUT2D eigenvalue weighted by molar-refractivity contribution is -0.121. The highest BCUT2D eigenvalue weighted by atomic mass is 32.2. The minimum atomic E-state index is -0.289. The minimum Gasteiger partial charge on any atom is -0.450 e. The molecule has 1 aromatic rings. The quantitative estimate of drug-likeness (QED) is 0.628. The van der Waals surface area contributed by atoms with E-state index >= 15 is 0 Å².